The van der Waals surface area contributed by atoms with Gasteiger partial charge in [-0.1, -0.05) is 67.3 Å². The van der Waals surface area contributed by atoms with Crippen LogP contribution in [0.1, 0.15) is 104 Å². The molecule has 0 aliphatic rings. The van der Waals surface area contributed by atoms with Crippen LogP contribution in [0, 0.1) is 23.7 Å². The summed E-state index contributed by atoms with van der Waals surface area (Å²) in [5.41, 5.74) is 0. The van der Waals surface area contributed by atoms with E-state index in [-0.39, 0.29) is 12.3 Å². The molecular formula is C26H43BrO4. The summed E-state index contributed by atoms with van der Waals surface area (Å²) in [5.74, 6) is 12.3. The number of unbranched alkanes of at least 4 members (excludes halogenated alkanes) is 8. The predicted molar refractivity (Wildman–Crippen MR) is 132 cm³/mol. The van der Waals surface area contributed by atoms with Crippen molar-refractivity contribution in [1.29, 1.82) is 0 Å². The lowest BCUT2D eigenvalue weighted by molar-refractivity contribution is -0.144. The predicted octanol–water partition coefficient (Wildman–Crippen LogP) is 6.79. The van der Waals surface area contributed by atoms with E-state index in [0.29, 0.717) is 26.2 Å². The van der Waals surface area contributed by atoms with Gasteiger partial charge in [0.15, 0.2) is 6.29 Å². The second-order valence-electron chi connectivity index (χ2n) is 7.54. The molecule has 0 aromatic carbocycles. The van der Waals surface area contributed by atoms with Gasteiger partial charge in [-0.3, -0.25) is 4.79 Å². The molecule has 0 spiro atoms. The maximum absolute atomic E-state index is 11.8. The largest absolute Gasteiger partial charge is 0.466 e. The molecule has 0 heterocycles. The van der Waals surface area contributed by atoms with Crippen LogP contribution in [-0.2, 0) is 19.0 Å². The molecular weight excluding hydrogens is 456 g/mol. The van der Waals surface area contributed by atoms with E-state index in [1.807, 2.05) is 0 Å². The third-order valence-electron chi connectivity index (χ3n) is 4.61. The van der Waals surface area contributed by atoms with Crippen LogP contribution in [0.3, 0.4) is 0 Å². The molecule has 0 unspecified atom stereocenters. The van der Waals surface area contributed by atoms with Crippen molar-refractivity contribution in [2.45, 2.75) is 110 Å². The molecule has 0 aromatic heterocycles. The fraction of sp³-hybridized carbons (Fsp3) is 0.808. The van der Waals surface area contributed by atoms with Crippen LogP contribution in [-0.4, -0.2) is 37.4 Å². The highest BCUT2D eigenvalue weighted by atomic mass is 79.9. The molecule has 0 radical (unpaired) electrons. The number of esters is 1. The quantitative estimate of drug-likeness (QED) is 0.0645. The first kappa shape index (κ1) is 30.0. The van der Waals surface area contributed by atoms with Crippen molar-refractivity contribution < 1.29 is 19.0 Å². The van der Waals surface area contributed by atoms with Crippen molar-refractivity contribution in [3.8, 4) is 23.7 Å². The van der Waals surface area contributed by atoms with Crippen molar-refractivity contribution in [2.75, 3.05) is 25.2 Å². The molecule has 178 valence electrons. The van der Waals surface area contributed by atoms with Crippen molar-refractivity contribution in [3.63, 3.8) is 0 Å². The first-order chi connectivity index (χ1) is 15.2. The topological polar surface area (TPSA) is 44.8 Å². The number of hydrogen-bond acceptors (Lipinski definition) is 4. The van der Waals surface area contributed by atoms with Gasteiger partial charge in [0, 0.05) is 24.6 Å². The van der Waals surface area contributed by atoms with Crippen LogP contribution in [0.5, 0.6) is 0 Å². The number of rotatable bonds is 19. The van der Waals surface area contributed by atoms with Gasteiger partial charge in [-0.25, -0.2) is 0 Å². The molecule has 0 saturated heterocycles. The minimum atomic E-state index is -0.327. The van der Waals surface area contributed by atoms with E-state index in [2.05, 4.69) is 53.5 Å². The molecule has 4 nitrogen and oxygen atoms in total. The van der Waals surface area contributed by atoms with Gasteiger partial charge in [0.1, 0.15) is 13.2 Å². The average Bonchev–Trinajstić information content (AvgIpc) is 2.77. The smallest absolute Gasteiger partial charge is 0.305 e. The summed E-state index contributed by atoms with van der Waals surface area (Å²) in [6.07, 6.45) is 13.2. The van der Waals surface area contributed by atoms with Crippen LogP contribution >= 0.6 is 15.9 Å². The molecule has 0 amide bonds. The van der Waals surface area contributed by atoms with Crippen molar-refractivity contribution in [2.24, 2.45) is 0 Å². The minimum absolute atomic E-state index is 0.109. The first-order valence-electron chi connectivity index (χ1n) is 12.1. The zero-order valence-electron chi connectivity index (χ0n) is 19.8. The van der Waals surface area contributed by atoms with Crippen molar-refractivity contribution in [1.82, 2.24) is 0 Å². The molecule has 31 heavy (non-hydrogen) atoms. The second-order valence-corrected chi connectivity index (χ2v) is 8.33. The zero-order chi connectivity index (χ0) is 22.8. The van der Waals surface area contributed by atoms with Gasteiger partial charge >= 0.3 is 5.97 Å². The Morgan fingerprint density at radius 2 is 1.39 bits per heavy atom. The molecule has 0 bridgehead atoms. The van der Waals surface area contributed by atoms with Gasteiger partial charge < -0.3 is 14.2 Å². The summed E-state index contributed by atoms with van der Waals surface area (Å²) in [7, 11) is 0. The number of halogens is 1. The van der Waals surface area contributed by atoms with Gasteiger partial charge in [-0.2, -0.15) is 0 Å². The Bertz CT molecular complexity index is 497. The minimum Gasteiger partial charge on any atom is -0.466 e. The highest BCUT2D eigenvalue weighted by Crippen LogP contribution is 2.10. The molecule has 0 N–H and O–H groups in total. The van der Waals surface area contributed by atoms with Gasteiger partial charge in [0.25, 0.3) is 0 Å². The molecule has 0 rings (SSSR count). The summed E-state index contributed by atoms with van der Waals surface area (Å²) in [6, 6.07) is 0. The number of hydrogen-bond donors (Lipinski definition) is 0. The van der Waals surface area contributed by atoms with Gasteiger partial charge in [-0.15, -0.1) is 11.8 Å². The van der Waals surface area contributed by atoms with Gasteiger partial charge in [0.2, 0.25) is 0 Å². The highest BCUT2D eigenvalue weighted by molar-refractivity contribution is 9.09. The van der Waals surface area contributed by atoms with Crippen LogP contribution in [0.4, 0.5) is 0 Å². The lowest BCUT2D eigenvalue weighted by Gasteiger charge is -2.15. The SMILES string of the molecule is CCCCC#CCOC(CCCCC(=O)OCCCCCCBr)OCC#CCCCC. The highest BCUT2D eigenvalue weighted by Gasteiger charge is 2.10. The number of ether oxygens (including phenoxy) is 3. The summed E-state index contributed by atoms with van der Waals surface area (Å²) >= 11 is 3.42. The lowest BCUT2D eigenvalue weighted by atomic mass is 10.2. The monoisotopic (exact) mass is 498 g/mol. The Hall–Kier alpha value is -1.01. The Morgan fingerprint density at radius 3 is 1.97 bits per heavy atom. The molecule has 0 fully saturated rings. The summed E-state index contributed by atoms with van der Waals surface area (Å²) in [4.78, 5) is 11.8. The third kappa shape index (κ3) is 23.5. The summed E-state index contributed by atoms with van der Waals surface area (Å²) in [5, 5.41) is 1.04. The second kappa shape index (κ2) is 25.3. The fourth-order valence-electron chi connectivity index (χ4n) is 2.68. The van der Waals surface area contributed by atoms with Gasteiger partial charge in [0.05, 0.1) is 6.61 Å². The maximum Gasteiger partial charge on any atom is 0.305 e. The standard InChI is InChI=1S/C26H43BrO4/c1-3-5-7-10-17-23-30-26(31-24-18-11-8-6-4-2)20-14-13-19-25(28)29-22-16-12-9-15-21-27/h26H,3-9,12-16,19-24H2,1-2H3. The van der Waals surface area contributed by atoms with Crippen LogP contribution in [0.2, 0.25) is 0 Å². The zero-order valence-corrected chi connectivity index (χ0v) is 21.4. The Labute approximate surface area is 199 Å². The molecule has 5 heteroatoms. The normalized spacial score (nSPS) is 10.3. The maximum atomic E-state index is 11.8. The molecule has 0 aromatic rings. The molecule has 0 atom stereocenters. The summed E-state index contributed by atoms with van der Waals surface area (Å²) < 4.78 is 16.9. The average molecular weight is 500 g/mol. The first-order valence-corrected chi connectivity index (χ1v) is 13.2. The van der Waals surface area contributed by atoms with E-state index in [1.54, 1.807) is 0 Å². The Kier molecular flexibility index (Phi) is 24.4. The molecule has 0 aliphatic heterocycles. The number of alkyl halides is 1. The summed E-state index contributed by atoms with van der Waals surface area (Å²) in [6.45, 7) is 5.59. The number of carbonyl (C=O) groups is 1. The lowest BCUT2D eigenvalue weighted by Crippen LogP contribution is -2.18. The Balaban J connectivity index is 4.07. The molecule has 0 saturated carbocycles. The van der Waals surface area contributed by atoms with Crippen LogP contribution < -0.4 is 0 Å². The van der Waals surface area contributed by atoms with Gasteiger partial charge in [-0.05, 0) is 44.9 Å². The van der Waals surface area contributed by atoms with E-state index in [4.69, 9.17) is 14.2 Å². The van der Waals surface area contributed by atoms with E-state index in [1.165, 1.54) is 12.8 Å². The van der Waals surface area contributed by atoms with E-state index < -0.39 is 0 Å². The van der Waals surface area contributed by atoms with Crippen molar-refractivity contribution in [3.05, 3.63) is 0 Å². The van der Waals surface area contributed by atoms with Crippen molar-refractivity contribution >= 4 is 21.9 Å². The van der Waals surface area contributed by atoms with Crippen LogP contribution in [0.25, 0.3) is 0 Å². The molecule has 0 aliphatic carbocycles. The Morgan fingerprint density at radius 1 is 0.774 bits per heavy atom. The van der Waals surface area contributed by atoms with Crippen LogP contribution in [0.15, 0.2) is 0 Å². The van der Waals surface area contributed by atoms with E-state index >= 15 is 0 Å². The number of carbonyl (C=O) groups excluding carboxylic acids is 1. The third-order valence-corrected chi connectivity index (χ3v) is 5.17. The van der Waals surface area contributed by atoms with E-state index in [9.17, 15) is 4.79 Å². The van der Waals surface area contributed by atoms with E-state index in [0.717, 1.165) is 76.0 Å². The fourth-order valence-corrected chi connectivity index (χ4v) is 3.08.